The zero-order valence-electron chi connectivity index (χ0n) is 14.1. The molecule has 0 atom stereocenters. The normalized spacial score (nSPS) is 11.2. The number of nitrogens with one attached hydrogen (secondary N) is 1. The molecule has 3 aromatic rings. The van der Waals surface area contributed by atoms with Crippen molar-refractivity contribution in [3.05, 3.63) is 41.2 Å². The van der Waals surface area contributed by atoms with Crippen LogP contribution in [0.5, 0.6) is 5.88 Å². The van der Waals surface area contributed by atoms with Gasteiger partial charge in [0.15, 0.2) is 0 Å². The lowest BCUT2D eigenvalue weighted by molar-refractivity contribution is 0.253. The Morgan fingerprint density at radius 1 is 1.21 bits per heavy atom. The van der Waals surface area contributed by atoms with Gasteiger partial charge in [0.05, 0.1) is 5.39 Å². The summed E-state index contributed by atoms with van der Waals surface area (Å²) in [5, 5.41) is 4.45. The van der Waals surface area contributed by atoms with Crippen LogP contribution in [0.2, 0.25) is 0 Å². The minimum atomic E-state index is 0.623. The molecule has 0 aliphatic heterocycles. The minimum Gasteiger partial charge on any atom is -0.476 e. The van der Waals surface area contributed by atoms with Gasteiger partial charge in [-0.3, -0.25) is 0 Å². The van der Waals surface area contributed by atoms with E-state index in [9.17, 15) is 0 Å². The highest BCUT2D eigenvalue weighted by molar-refractivity contribution is 7.18. The second-order valence-electron chi connectivity index (χ2n) is 5.81. The molecule has 0 bridgehead atoms. The van der Waals surface area contributed by atoms with Crippen molar-refractivity contribution in [1.29, 1.82) is 0 Å². The van der Waals surface area contributed by atoms with Gasteiger partial charge in [0, 0.05) is 30.2 Å². The van der Waals surface area contributed by atoms with E-state index in [0.717, 1.165) is 28.1 Å². The first-order valence-electron chi connectivity index (χ1n) is 7.79. The van der Waals surface area contributed by atoms with Crippen LogP contribution < -0.4 is 10.1 Å². The number of aromatic nitrogens is 3. The van der Waals surface area contributed by atoms with Crippen LogP contribution >= 0.6 is 11.3 Å². The molecule has 0 saturated carbocycles. The summed E-state index contributed by atoms with van der Waals surface area (Å²) in [7, 11) is 4.04. The number of hydrogen-bond acceptors (Lipinski definition) is 7. The maximum absolute atomic E-state index is 5.68. The number of hydrogen-bond donors (Lipinski definition) is 1. The Balaban J connectivity index is 1.65. The fraction of sp³-hybridized carbons (Fsp3) is 0.353. The van der Waals surface area contributed by atoms with Crippen molar-refractivity contribution >= 4 is 27.4 Å². The number of nitrogens with zero attached hydrogens (tertiary/aromatic N) is 4. The average Bonchev–Trinajstić information content (AvgIpc) is 2.94. The number of likely N-dealkylation sites (N-methyl/N-ethyl adjacent to an activating group) is 1. The largest absolute Gasteiger partial charge is 0.476 e. The van der Waals surface area contributed by atoms with Gasteiger partial charge in [0.1, 0.15) is 23.6 Å². The summed E-state index contributed by atoms with van der Waals surface area (Å²) in [4.78, 5) is 17.2. The van der Waals surface area contributed by atoms with E-state index in [1.54, 1.807) is 23.9 Å². The smallest absolute Gasteiger partial charge is 0.213 e. The molecule has 0 aliphatic carbocycles. The standard InChI is InChI=1S/C17H21N5OS/c1-12-8-14-16(20-11-21-17(14)24-12)19-10-13-4-5-18-15(9-13)23-7-6-22(2)3/h4-5,8-9,11H,6-7,10H2,1-3H3,(H,19,20,21). The fourth-order valence-electron chi connectivity index (χ4n) is 2.27. The molecule has 126 valence electrons. The van der Waals surface area contributed by atoms with E-state index in [1.165, 1.54) is 4.88 Å². The molecule has 0 aliphatic rings. The number of thiophene rings is 1. The first-order chi connectivity index (χ1) is 11.6. The number of ether oxygens (including phenoxy) is 1. The summed E-state index contributed by atoms with van der Waals surface area (Å²) in [6, 6.07) is 6.05. The average molecular weight is 343 g/mol. The Labute approximate surface area is 145 Å². The molecule has 0 amide bonds. The van der Waals surface area contributed by atoms with Crippen LogP contribution in [0.4, 0.5) is 5.82 Å². The van der Waals surface area contributed by atoms with Crippen LogP contribution in [0.25, 0.3) is 10.2 Å². The van der Waals surface area contributed by atoms with E-state index in [-0.39, 0.29) is 0 Å². The Bertz CT molecular complexity index is 818. The topological polar surface area (TPSA) is 63.2 Å². The number of fused-ring (bicyclic) bond motifs is 1. The maximum atomic E-state index is 5.68. The van der Waals surface area contributed by atoms with E-state index in [1.807, 2.05) is 26.2 Å². The fourth-order valence-corrected chi connectivity index (χ4v) is 3.12. The third-order valence-corrected chi connectivity index (χ3v) is 4.46. The number of anilines is 1. The summed E-state index contributed by atoms with van der Waals surface area (Å²) >= 11 is 1.68. The molecule has 0 radical (unpaired) electrons. The second-order valence-corrected chi connectivity index (χ2v) is 7.04. The molecule has 0 aromatic carbocycles. The Hall–Kier alpha value is -2.25. The highest BCUT2D eigenvalue weighted by Crippen LogP contribution is 2.27. The molecule has 6 nitrogen and oxygen atoms in total. The van der Waals surface area contributed by atoms with Gasteiger partial charge in [-0.1, -0.05) is 0 Å². The predicted molar refractivity (Wildman–Crippen MR) is 97.8 cm³/mol. The van der Waals surface area contributed by atoms with E-state index >= 15 is 0 Å². The molecular weight excluding hydrogens is 322 g/mol. The Morgan fingerprint density at radius 2 is 2.08 bits per heavy atom. The molecule has 24 heavy (non-hydrogen) atoms. The lowest BCUT2D eigenvalue weighted by Crippen LogP contribution is -2.19. The maximum Gasteiger partial charge on any atom is 0.213 e. The van der Waals surface area contributed by atoms with Crippen molar-refractivity contribution in [3.8, 4) is 5.88 Å². The van der Waals surface area contributed by atoms with Crippen molar-refractivity contribution in [3.63, 3.8) is 0 Å². The molecule has 0 fully saturated rings. The van der Waals surface area contributed by atoms with E-state index in [2.05, 4.69) is 38.2 Å². The third-order valence-electron chi connectivity index (χ3n) is 3.50. The van der Waals surface area contributed by atoms with Crippen LogP contribution in [-0.2, 0) is 6.54 Å². The molecule has 3 rings (SSSR count). The van der Waals surface area contributed by atoms with Gasteiger partial charge in [-0.15, -0.1) is 11.3 Å². The molecule has 0 spiro atoms. The SMILES string of the molecule is Cc1cc2c(NCc3ccnc(OCCN(C)C)c3)ncnc2s1. The van der Waals surface area contributed by atoms with Crippen molar-refractivity contribution in [2.75, 3.05) is 32.6 Å². The van der Waals surface area contributed by atoms with Crippen LogP contribution in [0, 0.1) is 6.92 Å². The van der Waals surface area contributed by atoms with E-state index in [4.69, 9.17) is 4.74 Å². The summed E-state index contributed by atoms with van der Waals surface area (Å²) < 4.78 is 5.68. The van der Waals surface area contributed by atoms with Crippen molar-refractivity contribution in [2.45, 2.75) is 13.5 Å². The van der Waals surface area contributed by atoms with Gasteiger partial charge < -0.3 is 15.0 Å². The van der Waals surface area contributed by atoms with Crippen LogP contribution in [0.3, 0.4) is 0 Å². The van der Waals surface area contributed by atoms with Crippen LogP contribution in [-0.4, -0.2) is 47.1 Å². The lowest BCUT2D eigenvalue weighted by Gasteiger charge is -2.11. The molecule has 0 unspecified atom stereocenters. The highest BCUT2D eigenvalue weighted by atomic mass is 32.1. The quantitative estimate of drug-likeness (QED) is 0.712. The molecular formula is C17H21N5OS. The Kier molecular flexibility index (Phi) is 5.22. The lowest BCUT2D eigenvalue weighted by atomic mass is 10.2. The number of rotatable bonds is 7. The summed E-state index contributed by atoms with van der Waals surface area (Å²) in [6.45, 7) is 4.22. The Morgan fingerprint density at radius 3 is 2.92 bits per heavy atom. The third kappa shape index (κ3) is 4.18. The minimum absolute atomic E-state index is 0.623. The zero-order chi connectivity index (χ0) is 16.9. The molecule has 1 N–H and O–H groups in total. The van der Waals surface area contributed by atoms with Gasteiger partial charge in [-0.25, -0.2) is 15.0 Å². The van der Waals surface area contributed by atoms with Crippen molar-refractivity contribution < 1.29 is 4.74 Å². The molecule has 0 saturated heterocycles. The van der Waals surface area contributed by atoms with Crippen molar-refractivity contribution in [2.24, 2.45) is 0 Å². The van der Waals surface area contributed by atoms with Gasteiger partial charge in [0.25, 0.3) is 0 Å². The molecule has 3 heterocycles. The van der Waals surface area contributed by atoms with Gasteiger partial charge >= 0.3 is 0 Å². The first-order valence-corrected chi connectivity index (χ1v) is 8.61. The number of pyridine rings is 1. The molecule has 3 aromatic heterocycles. The predicted octanol–water partition coefficient (Wildman–Crippen LogP) is 2.95. The van der Waals surface area contributed by atoms with Crippen LogP contribution in [0.15, 0.2) is 30.7 Å². The molecule has 7 heteroatoms. The zero-order valence-corrected chi connectivity index (χ0v) is 14.9. The summed E-state index contributed by atoms with van der Waals surface area (Å²) in [5.74, 6) is 1.51. The van der Waals surface area contributed by atoms with Crippen molar-refractivity contribution in [1.82, 2.24) is 19.9 Å². The second kappa shape index (κ2) is 7.55. The summed E-state index contributed by atoms with van der Waals surface area (Å²) in [5.41, 5.74) is 1.10. The van der Waals surface area contributed by atoms with E-state index < -0.39 is 0 Å². The number of aryl methyl sites for hydroxylation is 1. The monoisotopic (exact) mass is 343 g/mol. The summed E-state index contributed by atoms with van der Waals surface area (Å²) in [6.07, 6.45) is 3.37. The van der Waals surface area contributed by atoms with E-state index in [0.29, 0.717) is 19.0 Å². The van der Waals surface area contributed by atoms with Crippen LogP contribution in [0.1, 0.15) is 10.4 Å². The van der Waals surface area contributed by atoms with Gasteiger partial charge in [-0.2, -0.15) is 0 Å². The first kappa shape index (κ1) is 16.6. The van der Waals surface area contributed by atoms with Gasteiger partial charge in [-0.05, 0) is 38.7 Å². The van der Waals surface area contributed by atoms with Gasteiger partial charge in [0.2, 0.25) is 5.88 Å². The highest BCUT2D eigenvalue weighted by Gasteiger charge is 2.07.